The van der Waals surface area contributed by atoms with E-state index in [-0.39, 0.29) is 5.75 Å². The van der Waals surface area contributed by atoms with Crippen molar-refractivity contribution in [3.8, 4) is 11.5 Å². The minimum absolute atomic E-state index is 0.325. The van der Waals surface area contributed by atoms with Crippen molar-refractivity contribution >= 4 is 15.7 Å². The number of nitrogens with one attached hydrogen (secondary N) is 1. The van der Waals surface area contributed by atoms with Gasteiger partial charge in [-0.3, -0.25) is 4.79 Å². The fourth-order valence-corrected chi connectivity index (χ4v) is 4.82. The van der Waals surface area contributed by atoms with Gasteiger partial charge >= 0.3 is 0 Å². The highest BCUT2D eigenvalue weighted by atomic mass is 32.2. The Morgan fingerprint density at radius 1 is 1.06 bits per heavy atom. The number of aromatic nitrogens is 1. The monoisotopic (exact) mass is 463 g/mol. The molecule has 0 saturated carbocycles. The van der Waals surface area contributed by atoms with E-state index < -0.39 is 21.5 Å². The summed E-state index contributed by atoms with van der Waals surface area (Å²) in [6.45, 7) is 15.3. The standard InChI is InChI=1S/C24H37N3O4S/c1-17(2)13-27(14-18(3)4)12-11-25-23(28)16-32(29,30)15-22-20(6)31-24(26-22)21-9-7-19(5)8-10-21/h7-10,17-18H,11-16H2,1-6H3,(H,25,28). The zero-order valence-corrected chi connectivity index (χ0v) is 21.0. The van der Waals surface area contributed by atoms with Crippen LogP contribution in [0.25, 0.3) is 11.5 Å². The maximum absolute atomic E-state index is 12.6. The van der Waals surface area contributed by atoms with E-state index in [9.17, 15) is 13.2 Å². The van der Waals surface area contributed by atoms with E-state index >= 15 is 0 Å². The SMILES string of the molecule is Cc1ccc(-c2nc(CS(=O)(=O)CC(=O)NCCN(CC(C)C)CC(C)C)c(C)o2)cc1. The average molecular weight is 464 g/mol. The third kappa shape index (κ3) is 8.74. The Morgan fingerprint density at radius 2 is 1.66 bits per heavy atom. The number of carbonyl (C=O) groups is 1. The van der Waals surface area contributed by atoms with Crippen LogP contribution in [0.2, 0.25) is 0 Å². The molecule has 1 amide bonds. The molecule has 178 valence electrons. The Morgan fingerprint density at radius 3 is 2.22 bits per heavy atom. The molecule has 2 rings (SSSR count). The topological polar surface area (TPSA) is 92.5 Å². The van der Waals surface area contributed by atoms with Crippen molar-refractivity contribution in [1.29, 1.82) is 0 Å². The number of hydrogen-bond donors (Lipinski definition) is 1. The predicted octanol–water partition coefficient (Wildman–Crippen LogP) is 3.60. The fourth-order valence-electron chi connectivity index (χ4n) is 3.54. The van der Waals surface area contributed by atoms with Crippen molar-refractivity contribution in [2.45, 2.75) is 47.3 Å². The predicted molar refractivity (Wildman–Crippen MR) is 128 cm³/mol. The number of amides is 1. The fraction of sp³-hybridized carbons (Fsp3) is 0.583. The number of carbonyl (C=O) groups excluding carboxylic acids is 1. The molecule has 0 bridgehead atoms. The molecule has 2 aromatic rings. The maximum atomic E-state index is 12.6. The number of rotatable bonds is 12. The van der Waals surface area contributed by atoms with Crippen LogP contribution in [0.4, 0.5) is 0 Å². The second kappa shape index (κ2) is 11.6. The molecule has 0 aliphatic carbocycles. The normalized spacial score (nSPS) is 12.2. The Balaban J connectivity index is 1.91. The number of hydrogen-bond acceptors (Lipinski definition) is 6. The van der Waals surface area contributed by atoms with Crippen LogP contribution >= 0.6 is 0 Å². The van der Waals surface area contributed by atoms with E-state index in [4.69, 9.17) is 4.42 Å². The van der Waals surface area contributed by atoms with Gasteiger partial charge in [0.05, 0.1) is 11.4 Å². The summed E-state index contributed by atoms with van der Waals surface area (Å²) in [6, 6.07) is 7.65. The van der Waals surface area contributed by atoms with Gasteiger partial charge in [-0.15, -0.1) is 0 Å². The van der Waals surface area contributed by atoms with E-state index in [2.05, 4.69) is 42.9 Å². The smallest absolute Gasteiger partial charge is 0.235 e. The summed E-state index contributed by atoms with van der Waals surface area (Å²) in [5, 5.41) is 2.75. The van der Waals surface area contributed by atoms with Crippen molar-refractivity contribution in [2.75, 3.05) is 31.9 Å². The van der Waals surface area contributed by atoms with Crippen LogP contribution in [-0.2, 0) is 20.4 Å². The van der Waals surface area contributed by atoms with Gasteiger partial charge in [-0.1, -0.05) is 45.4 Å². The summed E-state index contributed by atoms with van der Waals surface area (Å²) in [5.41, 5.74) is 2.24. The quantitative estimate of drug-likeness (QED) is 0.517. The first-order valence-corrected chi connectivity index (χ1v) is 13.0. The van der Waals surface area contributed by atoms with E-state index in [1.165, 1.54) is 0 Å². The van der Waals surface area contributed by atoms with E-state index in [1.807, 2.05) is 31.2 Å². The molecule has 0 fully saturated rings. The minimum atomic E-state index is -3.67. The first kappa shape index (κ1) is 26.1. The van der Waals surface area contributed by atoms with Crippen LogP contribution in [0.15, 0.2) is 28.7 Å². The van der Waals surface area contributed by atoms with Gasteiger partial charge in [0.1, 0.15) is 11.5 Å². The molecule has 8 heteroatoms. The van der Waals surface area contributed by atoms with E-state index in [0.717, 1.165) is 24.2 Å². The molecule has 0 unspecified atom stereocenters. The molecule has 0 saturated heterocycles. The van der Waals surface area contributed by atoms with Crippen LogP contribution in [-0.4, -0.2) is 56.1 Å². The summed E-state index contributed by atoms with van der Waals surface area (Å²) in [6.07, 6.45) is 0. The molecule has 0 spiro atoms. The summed E-state index contributed by atoms with van der Waals surface area (Å²) >= 11 is 0. The summed E-state index contributed by atoms with van der Waals surface area (Å²) in [5.74, 6) is 0.511. The van der Waals surface area contributed by atoms with Crippen molar-refractivity contribution in [2.24, 2.45) is 11.8 Å². The average Bonchev–Trinajstić information content (AvgIpc) is 3.00. The lowest BCUT2D eigenvalue weighted by molar-refractivity contribution is -0.118. The van der Waals surface area contributed by atoms with Crippen molar-refractivity contribution in [3.05, 3.63) is 41.3 Å². The molecular formula is C24H37N3O4S. The molecule has 0 atom stereocenters. The van der Waals surface area contributed by atoms with Crippen LogP contribution in [0.5, 0.6) is 0 Å². The molecule has 1 N–H and O–H groups in total. The van der Waals surface area contributed by atoms with Crippen LogP contribution in [0.1, 0.15) is 44.7 Å². The Hall–Kier alpha value is -2.19. The highest BCUT2D eigenvalue weighted by Crippen LogP contribution is 2.23. The third-order valence-corrected chi connectivity index (χ3v) is 6.31. The summed E-state index contributed by atoms with van der Waals surface area (Å²) < 4.78 is 30.8. The molecule has 1 aromatic heterocycles. The van der Waals surface area contributed by atoms with E-state index in [0.29, 0.717) is 42.3 Å². The van der Waals surface area contributed by atoms with Crippen molar-refractivity contribution < 1.29 is 17.6 Å². The van der Waals surface area contributed by atoms with Gasteiger partial charge < -0.3 is 14.6 Å². The second-order valence-corrected chi connectivity index (χ2v) is 11.4. The van der Waals surface area contributed by atoms with Crippen molar-refractivity contribution in [3.63, 3.8) is 0 Å². The summed E-state index contributed by atoms with van der Waals surface area (Å²) in [7, 11) is -3.67. The second-order valence-electron chi connectivity index (χ2n) is 9.32. The van der Waals surface area contributed by atoms with Gasteiger partial charge in [0, 0.05) is 31.7 Å². The number of nitrogens with zero attached hydrogens (tertiary/aromatic N) is 2. The third-order valence-electron chi connectivity index (χ3n) is 4.90. The van der Waals surface area contributed by atoms with Crippen LogP contribution in [0.3, 0.4) is 0 Å². The molecule has 0 radical (unpaired) electrons. The minimum Gasteiger partial charge on any atom is -0.441 e. The van der Waals surface area contributed by atoms with Gasteiger partial charge in [0.2, 0.25) is 11.8 Å². The molecule has 32 heavy (non-hydrogen) atoms. The lowest BCUT2D eigenvalue weighted by Gasteiger charge is -2.26. The molecule has 1 aromatic carbocycles. The Bertz CT molecular complexity index is 969. The van der Waals surface area contributed by atoms with Gasteiger partial charge in [0.15, 0.2) is 9.84 Å². The van der Waals surface area contributed by atoms with Gasteiger partial charge in [-0.25, -0.2) is 13.4 Å². The molecule has 0 aliphatic heterocycles. The lowest BCUT2D eigenvalue weighted by atomic mass is 10.1. The number of sulfone groups is 1. The number of benzene rings is 1. The molecule has 7 nitrogen and oxygen atoms in total. The van der Waals surface area contributed by atoms with E-state index in [1.54, 1.807) is 6.92 Å². The number of aryl methyl sites for hydroxylation is 2. The molecule has 0 aliphatic rings. The first-order chi connectivity index (χ1) is 14.9. The zero-order valence-electron chi connectivity index (χ0n) is 20.1. The Kier molecular flexibility index (Phi) is 9.46. The largest absolute Gasteiger partial charge is 0.441 e. The Labute approximate surface area is 192 Å². The summed E-state index contributed by atoms with van der Waals surface area (Å²) in [4.78, 5) is 18.9. The van der Waals surface area contributed by atoms with Crippen molar-refractivity contribution in [1.82, 2.24) is 15.2 Å². The van der Waals surface area contributed by atoms with Gasteiger partial charge in [-0.2, -0.15) is 0 Å². The van der Waals surface area contributed by atoms with Gasteiger partial charge in [0.25, 0.3) is 0 Å². The number of oxazole rings is 1. The van der Waals surface area contributed by atoms with Crippen LogP contribution in [0, 0.1) is 25.7 Å². The molecule has 1 heterocycles. The molecular weight excluding hydrogens is 426 g/mol. The highest BCUT2D eigenvalue weighted by molar-refractivity contribution is 7.91. The first-order valence-electron chi connectivity index (χ1n) is 11.2. The van der Waals surface area contributed by atoms with Crippen LogP contribution < -0.4 is 5.32 Å². The highest BCUT2D eigenvalue weighted by Gasteiger charge is 2.22. The van der Waals surface area contributed by atoms with Gasteiger partial charge in [-0.05, 0) is 37.8 Å². The zero-order chi connectivity index (χ0) is 23.9. The lowest BCUT2D eigenvalue weighted by Crippen LogP contribution is -2.40. The maximum Gasteiger partial charge on any atom is 0.235 e.